The zero-order chi connectivity index (χ0) is 39.2. The molecule has 53 heavy (non-hydrogen) atoms. The monoisotopic (exact) mass is 756 g/mol. The van der Waals surface area contributed by atoms with Gasteiger partial charge in [0.25, 0.3) is 11.8 Å². The Morgan fingerprint density at radius 1 is 0.717 bits per heavy atom. The predicted octanol–water partition coefficient (Wildman–Crippen LogP) is -0.599. The summed E-state index contributed by atoms with van der Waals surface area (Å²) in [4.78, 5) is 90.1. The van der Waals surface area contributed by atoms with Gasteiger partial charge in [-0.25, -0.2) is 0 Å². The van der Waals surface area contributed by atoms with Crippen LogP contribution in [-0.2, 0) is 28.8 Å². The number of unbranched alkanes of at least 4 members (excludes halogenated alkanes) is 1. The Hall–Kier alpha value is -4.90. The summed E-state index contributed by atoms with van der Waals surface area (Å²) in [5.41, 5.74) is 13.3. The number of ketones is 1. The molecule has 6 unspecified atom stereocenters. The van der Waals surface area contributed by atoms with E-state index in [0.29, 0.717) is 24.4 Å². The summed E-state index contributed by atoms with van der Waals surface area (Å²) in [5, 5.41) is 25.8. The quantitative estimate of drug-likeness (QED) is 0.0612. The third-order valence-corrected chi connectivity index (χ3v) is 8.72. The van der Waals surface area contributed by atoms with Gasteiger partial charge in [-0.1, -0.05) is 35.9 Å². The summed E-state index contributed by atoms with van der Waals surface area (Å²) < 4.78 is 0. The molecule has 0 radical (unpaired) electrons. The maximum absolute atomic E-state index is 13.2. The second kappa shape index (κ2) is 20.4. The van der Waals surface area contributed by atoms with E-state index in [1.54, 1.807) is 36.4 Å². The summed E-state index contributed by atoms with van der Waals surface area (Å²) in [7, 11) is 0. The van der Waals surface area contributed by atoms with E-state index in [-0.39, 0.29) is 24.6 Å². The van der Waals surface area contributed by atoms with Crippen LogP contribution in [0.15, 0.2) is 48.5 Å². The molecule has 0 heterocycles. The van der Waals surface area contributed by atoms with Crippen LogP contribution in [-0.4, -0.2) is 102 Å². The van der Waals surface area contributed by atoms with E-state index < -0.39 is 77.5 Å². The fourth-order valence-electron chi connectivity index (χ4n) is 5.08. The van der Waals surface area contributed by atoms with Crippen molar-refractivity contribution in [1.82, 2.24) is 31.9 Å². The Labute approximate surface area is 312 Å². The summed E-state index contributed by atoms with van der Waals surface area (Å²) in [6.45, 7) is 3.94. The first-order valence-corrected chi connectivity index (χ1v) is 17.8. The fraction of sp³-hybridized carbons (Fsp3) is 0.472. The van der Waals surface area contributed by atoms with Crippen LogP contribution in [0.2, 0.25) is 5.02 Å². The molecule has 11 N–H and O–H groups in total. The Bertz CT molecular complexity index is 1620. The lowest BCUT2D eigenvalue weighted by Gasteiger charge is -2.26. The van der Waals surface area contributed by atoms with Crippen molar-refractivity contribution < 1.29 is 38.7 Å². The minimum absolute atomic E-state index is 0.0463. The van der Waals surface area contributed by atoms with Gasteiger partial charge in [0.1, 0.15) is 24.2 Å². The summed E-state index contributed by atoms with van der Waals surface area (Å²) >= 11 is 5.96. The molecule has 288 valence electrons. The van der Waals surface area contributed by atoms with Crippen molar-refractivity contribution in [3.05, 3.63) is 59.1 Å². The SMILES string of the molecule is CC(NC(=O)C(NC(=O)C(CN)NC(=O)c1ccc(-c2ccc(Cl)cc2)cc1)C(C)O)C(=O)NC(CCCCN)C(=O)NC(C)C(=O)C(=O)NC1CC1. The molecular formula is C36H49ClN8O8. The number of amides is 6. The van der Waals surface area contributed by atoms with E-state index in [9.17, 15) is 38.7 Å². The number of hydrogen-bond donors (Lipinski definition) is 9. The molecule has 3 rings (SSSR count). The lowest BCUT2D eigenvalue weighted by molar-refractivity contribution is -0.140. The fourth-order valence-corrected chi connectivity index (χ4v) is 5.20. The van der Waals surface area contributed by atoms with Crippen LogP contribution in [0.1, 0.15) is 63.2 Å². The van der Waals surface area contributed by atoms with Gasteiger partial charge in [-0.15, -0.1) is 0 Å². The Morgan fingerprint density at radius 3 is 1.83 bits per heavy atom. The molecule has 0 aromatic heterocycles. The molecule has 1 aliphatic carbocycles. The molecular weight excluding hydrogens is 708 g/mol. The van der Waals surface area contributed by atoms with E-state index in [1.807, 2.05) is 12.1 Å². The van der Waals surface area contributed by atoms with Gasteiger partial charge in [-0.05, 0) is 94.8 Å². The molecule has 1 fully saturated rings. The average Bonchev–Trinajstić information content (AvgIpc) is 3.95. The molecule has 0 spiro atoms. The average molecular weight is 757 g/mol. The van der Waals surface area contributed by atoms with Crippen LogP contribution in [0.5, 0.6) is 0 Å². The lowest BCUT2D eigenvalue weighted by atomic mass is 10.0. The minimum atomic E-state index is -1.56. The molecule has 0 bridgehead atoms. The number of carbonyl (C=O) groups excluding carboxylic acids is 7. The normalized spacial score (nSPS) is 15.7. The molecule has 2 aromatic rings. The van der Waals surface area contributed by atoms with Crippen molar-refractivity contribution in [2.45, 2.75) is 95.2 Å². The van der Waals surface area contributed by atoms with Crippen LogP contribution in [0, 0.1) is 0 Å². The smallest absolute Gasteiger partial charge is 0.289 e. The Morgan fingerprint density at radius 2 is 1.28 bits per heavy atom. The number of hydrogen-bond acceptors (Lipinski definition) is 10. The van der Waals surface area contributed by atoms with Gasteiger partial charge in [-0.3, -0.25) is 33.6 Å². The first kappa shape index (κ1) is 42.5. The largest absolute Gasteiger partial charge is 0.391 e. The number of benzene rings is 2. The van der Waals surface area contributed by atoms with Crippen LogP contribution >= 0.6 is 11.6 Å². The van der Waals surface area contributed by atoms with Gasteiger partial charge in [0.2, 0.25) is 29.4 Å². The minimum Gasteiger partial charge on any atom is -0.391 e. The van der Waals surface area contributed by atoms with E-state index in [4.69, 9.17) is 23.1 Å². The summed E-state index contributed by atoms with van der Waals surface area (Å²) in [5.74, 6) is -5.52. The van der Waals surface area contributed by atoms with Gasteiger partial charge in [0.15, 0.2) is 0 Å². The predicted molar refractivity (Wildman–Crippen MR) is 197 cm³/mol. The standard InChI is InChI=1S/C36H49ClN8O8/c1-19(30(47)36(53)42-26-15-16-26)40-33(50)27(6-4-5-17-38)43-31(48)20(2)41-35(52)29(21(3)46)45-34(51)28(18-39)44-32(49)24-9-7-22(8-10-24)23-11-13-25(37)14-12-23/h7-14,19-21,26-29,46H,4-6,15-18,38-39H2,1-3H3,(H,40,50)(H,41,52)(H,42,53)(H,43,48)(H,44,49)(H,45,51). The highest BCUT2D eigenvalue weighted by Gasteiger charge is 2.33. The number of Topliss-reactive ketones (excluding diaryl/α,β-unsaturated/α-hetero) is 1. The Kier molecular flexibility index (Phi) is 16.3. The highest BCUT2D eigenvalue weighted by molar-refractivity contribution is 6.38. The Balaban J connectivity index is 1.58. The van der Waals surface area contributed by atoms with Gasteiger partial charge in [0.05, 0.1) is 12.1 Å². The third kappa shape index (κ3) is 13.2. The molecule has 2 aromatic carbocycles. The zero-order valence-electron chi connectivity index (χ0n) is 29.9. The second-order valence-corrected chi connectivity index (χ2v) is 13.4. The van der Waals surface area contributed by atoms with E-state index in [2.05, 4.69) is 31.9 Å². The van der Waals surface area contributed by atoms with Crippen LogP contribution in [0.25, 0.3) is 11.1 Å². The van der Waals surface area contributed by atoms with Gasteiger partial charge < -0.3 is 48.5 Å². The number of nitrogens with one attached hydrogen (secondary N) is 6. The van der Waals surface area contributed by atoms with Gasteiger partial charge in [-0.2, -0.15) is 0 Å². The lowest BCUT2D eigenvalue weighted by Crippen LogP contribution is -2.61. The molecule has 0 aliphatic heterocycles. The molecule has 17 heteroatoms. The van der Waals surface area contributed by atoms with Crippen LogP contribution in [0.3, 0.4) is 0 Å². The van der Waals surface area contributed by atoms with Crippen molar-refractivity contribution in [3.8, 4) is 11.1 Å². The number of nitrogens with two attached hydrogens (primary N) is 2. The van der Waals surface area contributed by atoms with Crippen molar-refractivity contribution in [3.63, 3.8) is 0 Å². The van der Waals surface area contributed by atoms with Crippen molar-refractivity contribution in [2.75, 3.05) is 13.1 Å². The number of aliphatic hydroxyl groups is 1. The number of rotatable bonds is 20. The van der Waals surface area contributed by atoms with Gasteiger partial charge >= 0.3 is 0 Å². The van der Waals surface area contributed by atoms with E-state index in [1.165, 1.54) is 20.8 Å². The number of carbonyl (C=O) groups is 7. The molecule has 1 aliphatic rings. The van der Waals surface area contributed by atoms with Crippen LogP contribution in [0.4, 0.5) is 0 Å². The van der Waals surface area contributed by atoms with Crippen LogP contribution < -0.4 is 43.4 Å². The third-order valence-electron chi connectivity index (χ3n) is 8.47. The molecule has 0 saturated heterocycles. The molecule has 6 atom stereocenters. The molecule has 16 nitrogen and oxygen atoms in total. The summed E-state index contributed by atoms with van der Waals surface area (Å²) in [6, 6.07) is 7.33. The van der Waals surface area contributed by atoms with Crippen molar-refractivity contribution in [1.29, 1.82) is 0 Å². The van der Waals surface area contributed by atoms with Gasteiger partial charge in [0, 0.05) is 23.2 Å². The highest BCUT2D eigenvalue weighted by atomic mass is 35.5. The first-order valence-electron chi connectivity index (χ1n) is 17.5. The first-order chi connectivity index (χ1) is 25.1. The second-order valence-electron chi connectivity index (χ2n) is 13.0. The van der Waals surface area contributed by atoms with Crippen molar-refractivity contribution >= 4 is 52.8 Å². The number of halogens is 1. The maximum Gasteiger partial charge on any atom is 0.289 e. The topological polar surface area (TPSA) is 264 Å². The number of aliphatic hydroxyl groups excluding tert-OH is 1. The van der Waals surface area contributed by atoms with Crippen molar-refractivity contribution in [2.24, 2.45) is 11.5 Å². The van der Waals surface area contributed by atoms with E-state index >= 15 is 0 Å². The van der Waals surface area contributed by atoms with E-state index in [0.717, 1.165) is 24.0 Å². The zero-order valence-corrected chi connectivity index (χ0v) is 30.7. The summed E-state index contributed by atoms with van der Waals surface area (Å²) in [6.07, 6.45) is 1.27. The molecule has 1 saturated carbocycles. The highest BCUT2D eigenvalue weighted by Crippen LogP contribution is 2.22. The molecule has 6 amide bonds. The maximum atomic E-state index is 13.2.